The average molecular weight is 217 g/mol. The third-order valence-electron chi connectivity index (χ3n) is 2.75. The fraction of sp³-hybridized carbons (Fsp3) is 0.538. The lowest BCUT2D eigenvalue weighted by Gasteiger charge is -2.30. The third kappa shape index (κ3) is 2.80. The molecule has 0 bridgehead atoms. The molecule has 2 atom stereocenters. The second-order valence-corrected chi connectivity index (χ2v) is 4.56. The second-order valence-electron chi connectivity index (χ2n) is 4.56. The third-order valence-corrected chi connectivity index (χ3v) is 2.75. The number of rotatable bonds is 4. The first kappa shape index (κ1) is 12.7. The summed E-state index contributed by atoms with van der Waals surface area (Å²) in [5, 5.41) is 9.27. The largest absolute Gasteiger partial charge is 0.300 e. The van der Waals surface area contributed by atoms with Crippen LogP contribution >= 0.6 is 0 Å². The molecule has 2 unspecified atom stereocenters. The maximum Gasteiger partial charge on any atom is 0.0698 e. The molecule has 0 saturated carbocycles. The number of hydrogen-bond acceptors (Lipinski definition) is 3. The van der Waals surface area contributed by atoms with E-state index in [1.807, 2.05) is 32.3 Å². The topological polar surface area (TPSA) is 39.9 Å². The molecule has 0 N–H and O–H groups in total. The summed E-state index contributed by atoms with van der Waals surface area (Å²) in [6.07, 6.45) is 1.78. The van der Waals surface area contributed by atoms with Crippen LogP contribution in [0.1, 0.15) is 25.6 Å². The maximum atomic E-state index is 9.27. The van der Waals surface area contributed by atoms with Gasteiger partial charge in [0.25, 0.3) is 0 Å². The normalized spacial score (nSPS) is 14.8. The quantitative estimate of drug-likeness (QED) is 0.778. The molecule has 16 heavy (non-hydrogen) atoms. The van der Waals surface area contributed by atoms with Crippen LogP contribution < -0.4 is 0 Å². The maximum absolute atomic E-state index is 9.27. The SMILES string of the molecule is CC(C)C(C#N)C(c1ccccn1)N(C)C. The molecule has 0 spiro atoms. The molecule has 0 aliphatic carbocycles. The lowest BCUT2D eigenvalue weighted by atomic mass is 9.87. The first-order valence-corrected chi connectivity index (χ1v) is 5.55. The molecule has 0 fully saturated rings. The van der Waals surface area contributed by atoms with E-state index in [1.54, 1.807) is 6.20 Å². The van der Waals surface area contributed by atoms with Crippen LogP contribution in [0.3, 0.4) is 0 Å². The molecule has 86 valence electrons. The minimum absolute atomic E-state index is 0.0371. The molecular weight excluding hydrogens is 198 g/mol. The van der Waals surface area contributed by atoms with Crippen molar-refractivity contribution in [3.8, 4) is 6.07 Å². The Balaban J connectivity index is 3.05. The molecule has 3 nitrogen and oxygen atoms in total. The Kier molecular flexibility index (Phi) is 4.45. The Hall–Kier alpha value is -1.40. The molecule has 0 aliphatic heterocycles. The van der Waals surface area contributed by atoms with Gasteiger partial charge in [-0.3, -0.25) is 9.88 Å². The number of hydrogen-bond donors (Lipinski definition) is 0. The highest BCUT2D eigenvalue weighted by Gasteiger charge is 2.28. The predicted molar refractivity (Wildman–Crippen MR) is 64.6 cm³/mol. The molecule has 0 radical (unpaired) electrons. The Morgan fingerprint density at radius 3 is 2.38 bits per heavy atom. The standard InChI is InChI=1S/C13H19N3/c1-10(2)11(9-14)13(16(3)4)12-7-5-6-8-15-12/h5-8,10-11,13H,1-4H3. The summed E-state index contributed by atoms with van der Waals surface area (Å²) < 4.78 is 0. The zero-order chi connectivity index (χ0) is 12.1. The van der Waals surface area contributed by atoms with Gasteiger partial charge in [-0.25, -0.2) is 0 Å². The Labute approximate surface area is 97.7 Å². The van der Waals surface area contributed by atoms with Crippen LogP contribution in [0.25, 0.3) is 0 Å². The van der Waals surface area contributed by atoms with Gasteiger partial charge in [0.2, 0.25) is 0 Å². The van der Waals surface area contributed by atoms with Crippen LogP contribution in [0.2, 0.25) is 0 Å². The van der Waals surface area contributed by atoms with Crippen LogP contribution in [-0.2, 0) is 0 Å². The Morgan fingerprint density at radius 1 is 1.31 bits per heavy atom. The van der Waals surface area contributed by atoms with Crippen molar-refractivity contribution in [1.82, 2.24) is 9.88 Å². The summed E-state index contributed by atoms with van der Waals surface area (Å²) in [5.74, 6) is 0.282. The van der Waals surface area contributed by atoms with E-state index in [9.17, 15) is 5.26 Å². The van der Waals surface area contributed by atoms with Crippen LogP contribution in [0, 0.1) is 23.2 Å². The molecule has 1 heterocycles. The van der Waals surface area contributed by atoms with Gasteiger partial charge in [-0.1, -0.05) is 19.9 Å². The first-order chi connectivity index (χ1) is 7.57. The molecule has 0 saturated heterocycles. The van der Waals surface area contributed by atoms with Crippen molar-refractivity contribution in [3.05, 3.63) is 30.1 Å². The van der Waals surface area contributed by atoms with Crippen LogP contribution in [0.4, 0.5) is 0 Å². The fourth-order valence-electron chi connectivity index (χ4n) is 1.90. The van der Waals surface area contributed by atoms with Gasteiger partial charge in [0.1, 0.15) is 0 Å². The predicted octanol–water partition coefficient (Wildman–Crippen LogP) is 2.48. The Bertz CT molecular complexity index is 351. The van der Waals surface area contributed by atoms with Crippen molar-refractivity contribution in [2.24, 2.45) is 11.8 Å². The minimum atomic E-state index is -0.0371. The summed E-state index contributed by atoms with van der Waals surface area (Å²) in [6, 6.07) is 8.31. The molecule has 0 aromatic carbocycles. The molecule has 1 aromatic rings. The summed E-state index contributed by atoms with van der Waals surface area (Å²) in [4.78, 5) is 6.42. The van der Waals surface area contributed by atoms with Gasteiger partial charge < -0.3 is 0 Å². The van der Waals surface area contributed by atoms with Gasteiger partial charge in [0.05, 0.1) is 23.7 Å². The zero-order valence-corrected chi connectivity index (χ0v) is 10.4. The first-order valence-electron chi connectivity index (χ1n) is 5.55. The summed E-state index contributed by atoms with van der Waals surface area (Å²) in [5.41, 5.74) is 0.966. The van der Waals surface area contributed by atoms with Crippen LogP contribution in [-0.4, -0.2) is 24.0 Å². The van der Waals surface area contributed by atoms with Crippen molar-refractivity contribution in [2.75, 3.05) is 14.1 Å². The van der Waals surface area contributed by atoms with E-state index in [2.05, 4.69) is 29.8 Å². The number of pyridine rings is 1. The smallest absolute Gasteiger partial charge is 0.0698 e. The number of nitrogens with zero attached hydrogens (tertiary/aromatic N) is 3. The van der Waals surface area contributed by atoms with Crippen molar-refractivity contribution in [3.63, 3.8) is 0 Å². The summed E-state index contributed by atoms with van der Waals surface area (Å²) in [7, 11) is 3.98. The van der Waals surface area contributed by atoms with Gasteiger partial charge in [-0.05, 0) is 32.1 Å². The lowest BCUT2D eigenvalue weighted by molar-refractivity contribution is 0.205. The summed E-state index contributed by atoms with van der Waals surface area (Å²) >= 11 is 0. The summed E-state index contributed by atoms with van der Waals surface area (Å²) in [6.45, 7) is 4.15. The highest BCUT2D eigenvalue weighted by atomic mass is 15.1. The van der Waals surface area contributed by atoms with Crippen molar-refractivity contribution >= 4 is 0 Å². The average Bonchev–Trinajstić information content (AvgIpc) is 2.25. The van der Waals surface area contributed by atoms with Gasteiger partial charge in [-0.2, -0.15) is 5.26 Å². The van der Waals surface area contributed by atoms with E-state index >= 15 is 0 Å². The van der Waals surface area contributed by atoms with E-state index in [0.29, 0.717) is 5.92 Å². The van der Waals surface area contributed by atoms with Gasteiger partial charge in [0, 0.05) is 6.20 Å². The number of aromatic nitrogens is 1. The van der Waals surface area contributed by atoms with E-state index in [4.69, 9.17) is 0 Å². The number of nitriles is 1. The second kappa shape index (κ2) is 5.62. The fourth-order valence-corrected chi connectivity index (χ4v) is 1.90. The van der Waals surface area contributed by atoms with Crippen molar-refractivity contribution in [2.45, 2.75) is 19.9 Å². The Morgan fingerprint density at radius 2 is 2.00 bits per heavy atom. The molecule has 0 aliphatic rings. The molecular formula is C13H19N3. The van der Waals surface area contributed by atoms with E-state index in [0.717, 1.165) is 5.69 Å². The molecule has 1 aromatic heterocycles. The molecule has 3 heteroatoms. The van der Waals surface area contributed by atoms with E-state index < -0.39 is 0 Å². The van der Waals surface area contributed by atoms with E-state index in [-0.39, 0.29) is 12.0 Å². The van der Waals surface area contributed by atoms with Crippen LogP contribution in [0.5, 0.6) is 0 Å². The van der Waals surface area contributed by atoms with E-state index in [1.165, 1.54) is 0 Å². The van der Waals surface area contributed by atoms with Gasteiger partial charge in [-0.15, -0.1) is 0 Å². The van der Waals surface area contributed by atoms with Crippen molar-refractivity contribution < 1.29 is 0 Å². The lowest BCUT2D eigenvalue weighted by Crippen LogP contribution is -2.30. The highest BCUT2D eigenvalue weighted by Crippen LogP contribution is 2.30. The minimum Gasteiger partial charge on any atom is -0.300 e. The molecule has 0 amide bonds. The monoisotopic (exact) mass is 217 g/mol. The van der Waals surface area contributed by atoms with Crippen molar-refractivity contribution in [1.29, 1.82) is 5.26 Å². The molecule has 1 rings (SSSR count). The van der Waals surface area contributed by atoms with Gasteiger partial charge >= 0.3 is 0 Å². The zero-order valence-electron chi connectivity index (χ0n) is 10.4. The van der Waals surface area contributed by atoms with Crippen LogP contribution in [0.15, 0.2) is 24.4 Å². The van der Waals surface area contributed by atoms with Gasteiger partial charge in [0.15, 0.2) is 0 Å². The highest BCUT2D eigenvalue weighted by molar-refractivity contribution is 5.13.